The van der Waals surface area contributed by atoms with Crippen molar-refractivity contribution in [2.75, 3.05) is 12.8 Å². The predicted octanol–water partition coefficient (Wildman–Crippen LogP) is 2.28. The molecule has 0 aromatic heterocycles. The lowest BCUT2D eigenvalue weighted by atomic mass is 9.85. The van der Waals surface area contributed by atoms with Gasteiger partial charge in [-0.05, 0) is 31.9 Å². The number of thioether (sulfide) groups is 1. The van der Waals surface area contributed by atoms with Gasteiger partial charge in [-0.25, -0.2) is 0 Å². The number of hydrogen-bond acceptors (Lipinski definition) is 4. The van der Waals surface area contributed by atoms with Crippen LogP contribution in [-0.2, 0) is 14.4 Å². The van der Waals surface area contributed by atoms with Crippen LogP contribution in [0.15, 0.2) is 0 Å². The molecule has 0 aromatic rings. The molecule has 0 aromatic carbocycles. The van der Waals surface area contributed by atoms with E-state index in [4.69, 9.17) is 5.11 Å². The van der Waals surface area contributed by atoms with Crippen LogP contribution in [-0.4, -0.2) is 47.0 Å². The van der Waals surface area contributed by atoms with Crippen LogP contribution in [0.4, 0.5) is 0 Å². The number of carbonyl (C=O) groups excluding carboxylic acids is 2. The maximum absolute atomic E-state index is 12.3. The first kappa shape index (κ1) is 22.8. The van der Waals surface area contributed by atoms with Gasteiger partial charge >= 0.3 is 5.97 Å². The van der Waals surface area contributed by atoms with Crippen molar-refractivity contribution in [1.29, 1.82) is 0 Å². The molecule has 0 heterocycles. The van der Waals surface area contributed by atoms with Crippen LogP contribution in [0.25, 0.3) is 0 Å². The Bertz CT molecular complexity index is 438. The third-order valence-electron chi connectivity index (χ3n) is 3.76. The molecule has 0 saturated heterocycles. The molecule has 0 aliphatic heterocycles. The molecule has 0 fully saturated rings. The topological polar surface area (TPSA) is 95.5 Å². The molecule has 0 rings (SSSR count). The molecule has 0 aliphatic carbocycles. The minimum atomic E-state index is -0.998. The van der Waals surface area contributed by atoms with Crippen LogP contribution in [0.2, 0.25) is 0 Å². The number of carboxylic acid groups (broad SMARTS) is 1. The van der Waals surface area contributed by atoms with Crippen molar-refractivity contribution in [3.8, 4) is 0 Å². The second kappa shape index (κ2) is 10.6. The summed E-state index contributed by atoms with van der Waals surface area (Å²) in [6.45, 7) is 10.4. The number of aliphatic carboxylic acids is 1. The fraction of sp³-hybridized carbons (Fsp3) is 0.824. The Hall–Kier alpha value is -1.24. The van der Waals surface area contributed by atoms with E-state index in [-0.39, 0.29) is 24.3 Å². The van der Waals surface area contributed by atoms with E-state index < -0.39 is 16.6 Å². The molecule has 0 saturated carbocycles. The average molecular weight is 361 g/mol. The molecule has 7 heteroatoms. The van der Waals surface area contributed by atoms with Gasteiger partial charge in [0.2, 0.25) is 11.8 Å². The number of hydrogen-bond donors (Lipinski definition) is 3. The van der Waals surface area contributed by atoms with Crippen LogP contribution in [0, 0.1) is 11.3 Å². The largest absolute Gasteiger partial charge is 0.481 e. The third kappa shape index (κ3) is 9.15. The van der Waals surface area contributed by atoms with Gasteiger partial charge in [0.15, 0.2) is 0 Å². The first-order chi connectivity index (χ1) is 11.0. The standard InChI is InChI=1S/C17H32N2O4S/c1-11(2)7-8-18-16(23)17(4,5)10-12(3)19-15(22)13(24-6)9-14(20)21/h11-13H,7-10H2,1-6H3,(H,18,23)(H,19,22)(H,20,21). The van der Waals surface area contributed by atoms with E-state index in [9.17, 15) is 14.4 Å². The molecule has 0 radical (unpaired) electrons. The molecule has 0 bridgehead atoms. The van der Waals surface area contributed by atoms with Crippen LogP contribution in [0.1, 0.15) is 53.9 Å². The van der Waals surface area contributed by atoms with E-state index >= 15 is 0 Å². The summed E-state index contributed by atoms with van der Waals surface area (Å²) in [7, 11) is 0. The summed E-state index contributed by atoms with van der Waals surface area (Å²) < 4.78 is 0. The minimum absolute atomic E-state index is 0.0313. The van der Waals surface area contributed by atoms with Gasteiger partial charge in [0, 0.05) is 18.0 Å². The van der Waals surface area contributed by atoms with E-state index in [1.54, 1.807) is 6.26 Å². The van der Waals surface area contributed by atoms with Gasteiger partial charge in [-0.15, -0.1) is 0 Å². The van der Waals surface area contributed by atoms with Gasteiger partial charge in [-0.3, -0.25) is 14.4 Å². The van der Waals surface area contributed by atoms with E-state index in [0.717, 1.165) is 6.42 Å². The van der Waals surface area contributed by atoms with Gasteiger partial charge in [-0.2, -0.15) is 11.8 Å². The summed E-state index contributed by atoms with van der Waals surface area (Å²) >= 11 is 1.21. The smallest absolute Gasteiger partial charge is 0.305 e. The van der Waals surface area contributed by atoms with Gasteiger partial charge in [-0.1, -0.05) is 27.7 Å². The summed E-state index contributed by atoms with van der Waals surface area (Å²) in [6.07, 6.45) is 2.92. The maximum atomic E-state index is 12.3. The SMILES string of the molecule is CSC(CC(=O)O)C(=O)NC(C)CC(C)(C)C(=O)NCCC(C)C. The first-order valence-electron chi connectivity index (χ1n) is 8.32. The van der Waals surface area contributed by atoms with Gasteiger partial charge in [0.25, 0.3) is 0 Å². The molecule has 2 amide bonds. The quantitative estimate of drug-likeness (QED) is 0.525. The molecule has 140 valence electrons. The molecule has 6 nitrogen and oxygen atoms in total. The zero-order chi connectivity index (χ0) is 18.9. The Morgan fingerprint density at radius 2 is 1.75 bits per heavy atom. The highest BCUT2D eigenvalue weighted by Gasteiger charge is 2.31. The van der Waals surface area contributed by atoms with Crippen LogP contribution in [0.3, 0.4) is 0 Å². The maximum Gasteiger partial charge on any atom is 0.305 e. The molecule has 0 spiro atoms. The molecule has 2 atom stereocenters. The number of amides is 2. The summed E-state index contributed by atoms with van der Waals surface area (Å²) in [5.74, 6) is -0.795. The highest BCUT2D eigenvalue weighted by Crippen LogP contribution is 2.23. The van der Waals surface area contributed by atoms with Crippen molar-refractivity contribution in [2.45, 2.75) is 65.2 Å². The van der Waals surface area contributed by atoms with Crippen molar-refractivity contribution in [3.05, 3.63) is 0 Å². The lowest BCUT2D eigenvalue weighted by Crippen LogP contribution is -2.45. The zero-order valence-electron chi connectivity index (χ0n) is 15.6. The van der Waals surface area contributed by atoms with Crippen LogP contribution in [0.5, 0.6) is 0 Å². The van der Waals surface area contributed by atoms with Gasteiger partial charge < -0.3 is 15.7 Å². The van der Waals surface area contributed by atoms with E-state index in [1.807, 2.05) is 20.8 Å². The minimum Gasteiger partial charge on any atom is -0.481 e. The lowest BCUT2D eigenvalue weighted by molar-refractivity contribution is -0.138. The molecular weight excluding hydrogens is 328 g/mol. The fourth-order valence-corrected chi connectivity index (χ4v) is 2.99. The van der Waals surface area contributed by atoms with E-state index in [2.05, 4.69) is 24.5 Å². The van der Waals surface area contributed by atoms with Crippen molar-refractivity contribution in [3.63, 3.8) is 0 Å². The van der Waals surface area contributed by atoms with Gasteiger partial charge in [0.1, 0.15) is 0 Å². The molecular formula is C17H32N2O4S. The average Bonchev–Trinajstić information content (AvgIpc) is 2.42. The van der Waals surface area contributed by atoms with Crippen molar-refractivity contribution >= 4 is 29.5 Å². The Labute approximate surface area is 149 Å². The highest BCUT2D eigenvalue weighted by molar-refractivity contribution is 7.99. The van der Waals surface area contributed by atoms with Gasteiger partial charge in [0.05, 0.1) is 11.7 Å². The number of carbonyl (C=O) groups is 3. The Morgan fingerprint density at radius 3 is 2.21 bits per heavy atom. The van der Waals surface area contributed by atoms with Crippen molar-refractivity contribution in [1.82, 2.24) is 10.6 Å². The summed E-state index contributed by atoms with van der Waals surface area (Å²) in [5.41, 5.74) is -0.606. The monoisotopic (exact) mass is 360 g/mol. The number of rotatable bonds is 11. The molecule has 3 N–H and O–H groups in total. The van der Waals surface area contributed by atoms with E-state index in [1.165, 1.54) is 11.8 Å². The van der Waals surface area contributed by atoms with Crippen LogP contribution >= 0.6 is 11.8 Å². The zero-order valence-corrected chi connectivity index (χ0v) is 16.5. The van der Waals surface area contributed by atoms with E-state index in [0.29, 0.717) is 18.9 Å². The normalized spacial score (nSPS) is 14.1. The highest BCUT2D eigenvalue weighted by atomic mass is 32.2. The first-order valence-corrected chi connectivity index (χ1v) is 9.61. The second-order valence-corrected chi connectivity index (χ2v) is 8.30. The van der Waals surface area contributed by atoms with Crippen LogP contribution < -0.4 is 10.6 Å². The number of nitrogens with one attached hydrogen (secondary N) is 2. The molecule has 24 heavy (non-hydrogen) atoms. The predicted molar refractivity (Wildman–Crippen MR) is 98.0 cm³/mol. The Kier molecular flexibility index (Phi) is 10.0. The van der Waals surface area contributed by atoms with Crippen molar-refractivity contribution < 1.29 is 19.5 Å². The Morgan fingerprint density at radius 1 is 1.17 bits per heavy atom. The summed E-state index contributed by atoms with van der Waals surface area (Å²) in [5, 5.41) is 14.0. The summed E-state index contributed by atoms with van der Waals surface area (Å²) in [6, 6.07) is -0.216. The molecule has 0 aliphatic rings. The second-order valence-electron chi connectivity index (χ2n) is 7.26. The fourth-order valence-electron chi connectivity index (χ4n) is 2.40. The third-order valence-corrected chi connectivity index (χ3v) is 4.71. The van der Waals surface area contributed by atoms with Crippen molar-refractivity contribution in [2.24, 2.45) is 11.3 Å². The Balaban J connectivity index is 4.50. The molecule has 2 unspecified atom stereocenters. The number of carboxylic acids is 1. The lowest BCUT2D eigenvalue weighted by Gasteiger charge is -2.28. The summed E-state index contributed by atoms with van der Waals surface area (Å²) in [4.78, 5) is 35.2.